The Kier molecular flexibility index (Phi) is 13.3. The van der Waals surface area contributed by atoms with Crippen LogP contribution in [0.1, 0.15) is 75.3 Å². The minimum atomic E-state index is -1.26. The Balaban J connectivity index is 1.56. The monoisotopic (exact) mass is 684 g/mol. The van der Waals surface area contributed by atoms with Crippen molar-refractivity contribution in [2.24, 2.45) is 5.92 Å². The van der Waals surface area contributed by atoms with Crippen molar-refractivity contribution in [1.82, 2.24) is 41.2 Å². The first-order chi connectivity index (χ1) is 23.4. The van der Waals surface area contributed by atoms with E-state index in [9.17, 15) is 29.1 Å². The van der Waals surface area contributed by atoms with Crippen LogP contribution >= 0.6 is 0 Å². The highest BCUT2D eigenvalue weighted by atomic mass is 16.5. The number of nitrogens with zero attached hydrogens (tertiary/aromatic N) is 4. The Morgan fingerprint density at radius 1 is 1.04 bits per heavy atom. The molecule has 16 heteroatoms. The summed E-state index contributed by atoms with van der Waals surface area (Å²) in [5.41, 5.74) is 0.757. The summed E-state index contributed by atoms with van der Waals surface area (Å²) in [4.78, 5) is 66.7. The molecule has 1 aromatic heterocycles. The first kappa shape index (κ1) is 37.1. The highest BCUT2D eigenvalue weighted by Crippen LogP contribution is 2.29. The number of ether oxygens (including phenoxy) is 2. The number of aryl methyl sites for hydroxylation is 1. The van der Waals surface area contributed by atoms with Crippen molar-refractivity contribution in [3.63, 3.8) is 0 Å². The van der Waals surface area contributed by atoms with Gasteiger partial charge in [-0.3, -0.25) is 28.7 Å². The normalized spacial score (nSPS) is 22.6. The van der Waals surface area contributed by atoms with Gasteiger partial charge in [0.15, 0.2) is 11.5 Å². The highest BCUT2D eigenvalue weighted by molar-refractivity contribution is 5.99. The van der Waals surface area contributed by atoms with E-state index in [2.05, 4.69) is 31.6 Å². The predicted molar refractivity (Wildman–Crippen MR) is 176 cm³/mol. The number of hydrogen-bond donors (Lipinski definition) is 5. The van der Waals surface area contributed by atoms with Crippen LogP contribution in [-0.4, -0.2) is 106 Å². The third kappa shape index (κ3) is 10.6. The van der Waals surface area contributed by atoms with E-state index < -0.39 is 42.0 Å². The molecule has 0 unspecified atom stereocenters. The third-order valence-electron chi connectivity index (χ3n) is 8.35. The summed E-state index contributed by atoms with van der Waals surface area (Å²) in [6.45, 7) is 6.79. The molecule has 268 valence electrons. The molecule has 16 nitrogen and oxygen atoms in total. The molecule has 0 aliphatic carbocycles. The van der Waals surface area contributed by atoms with Crippen LogP contribution in [-0.2, 0) is 32.3 Å². The zero-order valence-corrected chi connectivity index (χ0v) is 28.6. The molecule has 4 atom stereocenters. The second-order valence-electron chi connectivity index (χ2n) is 12.8. The van der Waals surface area contributed by atoms with Gasteiger partial charge in [-0.25, -0.2) is 0 Å². The van der Waals surface area contributed by atoms with Crippen LogP contribution in [0.3, 0.4) is 0 Å². The first-order valence-electron chi connectivity index (χ1n) is 16.8. The summed E-state index contributed by atoms with van der Waals surface area (Å²) < 4.78 is 13.1. The number of aromatic nitrogens is 3. The van der Waals surface area contributed by atoms with Crippen molar-refractivity contribution in [2.45, 2.75) is 96.7 Å². The van der Waals surface area contributed by atoms with Gasteiger partial charge in [0.05, 0.1) is 19.4 Å². The van der Waals surface area contributed by atoms with Crippen molar-refractivity contribution < 1.29 is 38.6 Å². The molecule has 1 aromatic carbocycles. The number of carbonyl (C=O) groups is 5. The molecular weight excluding hydrogens is 636 g/mol. The molecule has 5 amide bonds. The lowest BCUT2D eigenvalue weighted by Gasteiger charge is -2.26. The zero-order valence-electron chi connectivity index (χ0n) is 28.6. The molecule has 1 saturated heterocycles. The van der Waals surface area contributed by atoms with Crippen LogP contribution in [0.25, 0.3) is 0 Å². The van der Waals surface area contributed by atoms with Gasteiger partial charge in [0.25, 0.3) is 5.91 Å². The molecule has 0 radical (unpaired) electrons. The number of aliphatic hydroxyl groups is 1. The number of rotatable bonds is 5. The molecular formula is C33H48N8O8. The van der Waals surface area contributed by atoms with Gasteiger partial charge in [0.1, 0.15) is 30.4 Å². The third-order valence-corrected chi connectivity index (χ3v) is 8.35. The highest BCUT2D eigenvalue weighted by Gasteiger charge is 2.32. The average molecular weight is 685 g/mol. The maximum Gasteiger partial charge on any atom is 0.252 e. The van der Waals surface area contributed by atoms with E-state index >= 15 is 0 Å². The van der Waals surface area contributed by atoms with E-state index in [0.29, 0.717) is 63.2 Å². The lowest BCUT2D eigenvalue weighted by Crippen LogP contribution is -2.57. The fourth-order valence-electron chi connectivity index (χ4n) is 5.72. The largest absolute Gasteiger partial charge is 0.493 e. The molecule has 0 spiro atoms. The van der Waals surface area contributed by atoms with E-state index in [1.807, 2.05) is 13.8 Å². The number of nitrogens with one attached hydrogen (secondary N) is 4. The molecule has 4 rings (SSSR count). The summed E-state index contributed by atoms with van der Waals surface area (Å²) in [5.74, 6) is -1.34. The molecule has 3 heterocycles. The standard InChI is InChI=1S/C33H48N8O8/c1-20(2)16-25-31(45)37-29(21(3)42)32(46)34-12-5-6-13-40(33(47)24-9-11-28(43)35-24)14-7-15-41-18-23(38-39-41)19-49-27-17-22(30(44)36-25)8-10-26(27)48-4/h8,10,17-18,20-21,24-25,29,42H,5-7,9,11-16,19H2,1-4H3,(H,34,46)(H,35,43)(H,36,44)(H,37,45)/t21-,24+,25-,29+/m1/s1. The lowest BCUT2D eigenvalue weighted by molar-refractivity contribution is -0.134. The summed E-state index contributed by atoms with van der Waals surface area (Å²) in [7, 11) is 1.48. The second-order valence-corrected chi connectivity index (χ2v) is 12.8. The summed E-state index contributed by atoms with van der Waals surface area (Å²) >= 11 is 0. The van der Waals surface area contributed by atoms with Crippen LogP contribution < -0.4 is 30.7 Å². The van der Waals surface area contributed by atoms with Crippen molar-refractivity contribution in [3.05, 3.63) is 35.7 Å². The van der Waals surface area contributed by atoms with Gasteiger partial charge in [0, 0.05) is 38.2 Å². The Hall–Kier alpha value is -4.73. The number of hydrogen-bond acceptors (Lipinski definition) is 10. The Morgan fingerprint density at radius 2 is 1.82 bits per heavy atom. The van der Waals surface area contributed by atoms with Crippen LogP contribution in [0.15, 0.2) is 24.4 Å². The summed E-state index contributed by atoms with van der Waals surface area (Å²) in [6, 6.07) is 1.81. The first-order valence-corrected chi connectivity index (χ1v) is 16.8. The SMILES string of the molecule is COc1ccc2cc1OCc1cn(nn1)CCCN(C(=O)[C@@H]1CCC(=O)N1)CCCCNC(=O)[C@H]([C@@H](C)O)NC(=O)[C@@H](CC(C)C)NC2=O. The van der Waals surface area contributed by atoms with Crippen LogP contribution in [0, 0.1) is 5.92 Å². The van der Waals surface area contributed by atoms with Gasteiger partial charge < -0.3 is 40.7 Å². The topological polar surface area (TPSA) is 206 Å². The minimum absolute atomic E-state index is 0.0151. The van der Waals surface area contributed by atoms with Crippen LogP contribution in [0.2, 0.25) is 0 Å². The zero-order chi connectivity index (χ0) is 35.5. The second kappa shape index (κ2) is 17.6. The maximum absolute atomic E-state index is 13.4. The quantitative estimate of drug-likeness (QED) is 0.291. The van der Waals surface area contributed by atoms with E-state index in [4.69, 9.17) is 9.47 Å². The number of benzene rings is 1. The summed E-state index contributed by atoms with van der Waals surface area (Å²) in [5, 5.41) is 29.7. The molecule has 0 saturated carbocycles. The smallest absolute Gasteiger partial charge is 0.252 e. The van der Waals surface area contributed by atoms with Gasteiger partial charge in [-0.15, -0.1) is 5.10 Å². The van der Waals surface area contributed by atoms with Crippen LogP contribution in [0.4, 0.5) is 0 Å². The molecule has 5 N–H and O–H groups in total. The number of carbonyl (C=O) groups excluding carboxylic acids is 5. The van der Waals surface area contributed by atoms with Gasteiger partial charge in [-0.1, -0.05) is 19.1 Å². The van der Waals surface area contributed by atoms with Gasteiger partial charge in [0.2, 0.25) is 23.6 Å². The summed E-state index contributed by atoms with van der Waals surface area (Å²) in [6.07, 6.45) is 3.22. The molecule has 2 aromatic rings. The number of methoxy groups -OCH3 is 1. The van der Waals surface area contributed by atoms with Crippen LogP contribution in [0.5, 0.6) is 11.5 Å². The Bertz CT molecular complexity index is 1480. The van der Waals surface area contributed by atoms with Crippen molar-refractivity contribution >= 4 is 29.5 Å². The number of fused-ring (bicyclic) bond motifs is 4. The van der Waals surface area contributed by atoms with E-state index in [-0.39, 0.29) is 48.6 Å². The Labute approximate surface area is 285 Å². The fraction of sp³-hybridized carbons (Fsp3) is 0.606. The maximum atomic E-state index is 13.4. The molecule has 2 aliphatic rings. The average Bonchev–Trinajstić information content (AvgIpc) is 3.72. The van der Waals surface area contributed by atoms with Crippen molar-refractivity contribution in [2.75, 3.05) is 26.7 Å². The fourth-order valence-corrected chi connectivity index (χ4v) is 5.72. The molecule has 1 fully saturated rings. The predicted octanol–water partition coefficient (Wildman–Crippen LogP) is 0.283. The van der Waals surface area contributed by atoms with Gasteiger partial charge >= 0.3 is 0 Å². The molecule has 4 bridgehead atoms. The van der Waals surface area contributed by atoms with E-state index in [1.54, 1.807) is 27.9 Å². The molecule has 2 aliphatic heterocycles. The van der Waals surface area contributed by atoms with Crippen molar-refractivity contribution in [3.8, 4) is 11.5 Å². The lowest BCUT2D eigenvalue weighted by atomic mass is 10.0. The minimum Gasteiger partial charge on any atom is -0.493 e. The van der Waals surface area contributed by atoms with E-state index in [0.717, 1.165) is 0 Å². The van der Waals surface area contributed by atoms with E-state index in [1.165, 1.54) is 20.1 Å². The van der Waals surface area contributed by atoms with Gasteiger partial charge in [-0.05, 0) is 63.1 Å². The molecule has 49 heavy (non-hydrogen) atoms. The Morgan fingerprint density at radius 3 is 2.51 bits per heavy atom. The number of aliphatic hydroxyl groups excluding tert-OH is 1. The van der Waals surface area contributed by atoms with Gasteiger partial charge in [-0.2, -0.15) is 0 Å². The number of amides is 5. The van der Waals surface area contributed by atoms with Crippen molar-refractivity contribution in [1.29, 1.82) is 0 Å².